The summed E-state index contributed by atoms with van der Waals surface area (Å²) in [4.78, 5) is 4.69. The van der Waals surface area contributed by atoms with E-state index in [0.717, 1.165) is 53.1 Å². The average molecular weight is 437 g/mol. The molecule has 0 spiro atoms. The van der Waals surface area contributed by atoms with Gasteiger partial charge in [-0.05, 0) is 67.3 Å². The van der Waals surface area contributed by atoms with Gasteiger partial charge in [-0.3, -0.25) is 0 Å². The lowest BCUT2D eigenvalue weighted by atomic mass is 10.0. The Morgan fingerprint density at radius 2 is 1.70 bits per heavy atom. The van der Waals surface area contributed by atoms with E-state index in [2.05, 4.69) is 82.0 Å². The number of hydrogen-bond acceptors (Lipinski definition) is 4. The highest BCUT2D eigenvalue weighted by atomic mass is 16.5. The Morgan fingerprint density at radius 1 is 0.848 bits per heavy atom. The van der Waals surface area contributed by atoms with Crippen LogP contribution in [0.1, 0.15) is 23.7 Å². The van der Waals surface area contributed by atoms with Crippen molar-refractivity contribution < 1.29 is 9.42 Å². The van der Waals surface area contributed by atoms with Gasteiger partial charge in [-0.2, -0.15) is 4.68 Å². The number of fused-ring (bicyclic) bond motifs is 1. The maximum Gasteiger partial charge on any atom is 0.331 e. The van der Waals surface area contributed by atoms with Gasteiger partial charge in [0.2, 0.25) is 0 Å². The van der Waals surface area contributed by atoms with Gasteiger partial charge in [-0.25, -0.2) is 4.98 Å². The number of para-hydroxylation sites is 1. The molecule has 6 nitrogen and oxygen atoms in total. The van der Waals surface area contributed by atoms with Crippen LogP contribution in [-0.2, 0) is 26.0 Å². The van der Waals surface area contributed by atoms with Crippen molar-refractivity contribution in [3.8, 4) is 17.1 Å². The molecule has 3 aromatic carbocycles. The lowest BCUT2D eigenvalue weighted by Crippen LogP contribution is -2.36. The van der Waals surface area contributed by atoms with Crippen LogP contribution >= 0.6 is 0 Å². The summed E-state index contributed by atoms with van der Waals surface area (Å²) < 4.78 is 7.96. The molecule has 0 bridgehead atoms. The van der Waals surface area contributed by atoms with Crippen molar-refractivity contribution in [3.05, 3.63) is 102 Å². The lowest BCUT2D eigenvalue weighted by molar-refractivity contribution is -0.741. The standard InChI is InChI=1S/C27H25N5O/c1-2-32-27(29-30-31-32)23-14-12-20(13-15-23)10-11-21-6-5-8-25(18-21)33-19-24-17-16-22-7-3-4-9-26(22)28-24/h3-9,12-18H,2,10-11,19H2,1H3/p+1. The van der Waals surface area contributed by atoms with E-state index in [1.165, 1.54) is 11.1 Å². The second-order valence-electron chi connectivity index (χ2n) is 8.00. The summed E-state index contributed by atoms with van der Waals surface area (Å²) in [6, 6.07) is 29.1. The first-order valence-corrected chi connectivity index (χ1v) is 11.2. The molecule has 5 rings (SSSR count). The number of aromatic amines is 1. The molecule has 0 saturated carbocycles. The Morgan fingerprint density at radius 3 is 2.58 bits per heavy atom. The zero-order valence-electron chi connectivity index (χ0n) is 18.6. The predicted molar refractivity (Wildman–Crippen MR) is 128 cm³/mol. The largest absolute Gasteiger partial charge is 0.487 e. The molecule has 0 saturated heterocycles. The van der Waals surface area contributed by atoms with Gasteiger partial charge in [-0.15, -0.1) is 0 Å². The molecule has 164 valence electrons. The van der Waals surface area contributed by atoms with Crippen LogP contribution in [0, 0.1) is 0 Å². The van der Waals surface area contributed by atoms with Crippen molar-refractivity contribution in [1.29, 1.82) is 0 Å². The number of tetrazole rings is 1. The zero-order chi connectivity index (χ0) is 22.5. The summed E-state index contributed by atoms with van der Waals surface area (Å²) in [5.41, 5.74) is 5.52. The molecule has 0 radical (unpaired) electrons. The highest BCUT2D eigenvalue weighted by molar-refractivity contribution is 5.78. The molecule has 2 heterocycles. The smallest absolute Gasteiger partial charge is 0.331 e. The normalized spacial score (nSPS) is 11.1. The van der Waals surface area contributed by atoms with Crippen molar-refractivity contribution in [3.63, 3.8) is 0 Å². The van der Waals surface area contributed by atoms with Gasteiger partial charge in [0.15, 0.2) is 5.21 Å². The van der Waals surface area contributed by atoms with Crippen molar-refractivity contribution in [1.82, 2.24) is 20.5 Å². The van der Waals surface area contributed by atoms with E-state index in [1.54, 1.807) is 0 Å². The quantitative estimate of drug-likeness (QED) is 0.358. The molecule has 1 N–H and O–H groups in total. The fourth-order valence-corrected chi connectivity index (χ4v) is 3.90. The van der Waals surface area contributed by atoms with Crippen LogP contribution in [0.4, 0.5) is 0 Å². The summed E-state index contributed by atoms with van der Waals surface area (Å²) in [6.45, 7) is 3.32. The maximum atomic E-state index is 6.03. The second-order valence-corrected chi connectivity index (χ2v) is 8.00. The summed E-state index contributed by atoms with van der Waals surface area (Å²) >= 11 is 0. The molecule has 0 fully saturated rings. The van der Waals surface area contributed by atoms with Crippen LogP contribution in [0.5, 0.6) is 5.75 Å². The first-order valence-electron chi connectivity index (χ1n) is 11.2. The van der Waals surface area contributed by atoms with E-state index >= 15 is 0 Å². The summed E-state index contributed by atoms with van der Waals surface area (Å²) in [5, 5.41) is 12.1. The van der Waals surface area contributed by atoms with Crippen molar-refractivity contribution in [2.75, 3.05) is 0 Å². The molecule has 0 aliphatic heterocycles. The number of rotatable bonds is 8. The van der Waals surface area contributed by atoms with Gasteiger partial charge in [0.25, 0.3) is 0 Å². The number of nitrogens with one attached hydrogen (secondary N) is 1. The highest BCUT2D eigenvalue weighted by Gasteiger charge is 2.15. The van der Waals surface area contributed by atoms with Crippen LogP contribution in [0.3, 0.4) is 0 Å². The Hall–Kier alpha value is -4.06. The fourth-order valence-electron chi connectivity index (χ4n) is 3.90. The number of H-pyrrole nitrogens is 1. The molecule has 0 amide bonds. The predicted octanol–water partition coefficient (Wildman–Crippen LogP) is 4.69. The third-order valence-corrected chi connectivity index (χ3v) is 5.74. The second kappa shape index (κ2) is 9.61. The number of benzene rings is 3. The third-order valence-electron chi connectivity index (χ3n) is 5.74. The Balaban J connectivity index is 1.19. The molecule has 5 aromatic rings. The number of hydrogen-bond donors (Lipinski definition) is 1. The minimum absolute atomic E-state index is 0.454. The van der Waals surface area contributed by atoms with Crippen molar-refractivity contribution in [2.45, 2.75) is 32.9 Å². The van der Waals surface area contributed by atoms with Crippen molar-refractivity contribution in [2.24, 2.45) is 0 Å². The molecule has 0 aliphatic rings. The molecule has 2 aromatic heterocycles. The molecular formula is C27H26N5O+. The maximum absolute atomic E-state index is 6.03. The minimum Gasteiger partial charge on any atom is -0.487 e. The summed E-state index contributed by atoms with van der Waals surface area (Å²) in [5.74, 6) is 1.72. The van der Waals surface area contributed by atoms with E-state index in [-0.39, 0.29) is 0 Å². The number of pyridine rings is 1. The van der Waals surface area contributed by atoms with Crippen LogP contribution in [-0.4, -0.2) is 20.5 Å². The van der Waals surface area contributed by atoms with Gasteiger partial charge in [0.1, 0.15) is 17.5 Å². The van der Waals surface area contributed by atoms with E-state index in [0.29, 0.717) is 6.61 Å². The van der Waals surface area contributed by atoms with Crippen LogP contribution in [0.15, 0.2) is 84.9 Å². The van der Waals surface area contributed by atoms with Gasteiger partial charge in [0, 0.05) is 5.39 Å². The van der Waals surface area contributed by atoms with Gasteiger partial charge in [0.05, 0.1) is 23.3 Å². The fraction of sp³-hybridized carbons (Fsp3) is 0.185. The first kappa shape index (κ1) is 20.8. The Bertz CT molecular complexity index is 1360. The van der Waals surface area contributed by atoms with Crippen molar-refractivity contribution >= 4 is 10.9 Å². The summed E-state index contributed by atoms with van der Waals surface area (Å²) in [7, 11) is 0. The SMILES string of the molecule is CC[n+]1[nH]nnc1-c1ccc(CCc2cccc(OCc3ccc4ccccc4n3)c2)cc1. The van der Waals surface area contributed by atoms with Gasteiger partial charge in [-0.1, -0.05) is 53.7 Å². The van der Waals surface area contributed by atoms with E-state index < -0.39 is 0 Å². The molecule has 33 heavy (non-hydrogen) atoms. The summed E-state index contributed by atoms with van der Waals surface area (Å²) in [6.07, 6.45) is 1.91. The topological polar surface area (TPSA) is 67.6 Å². The highest BCUT2D eigenvalue weighted by Crippen LogP contribution is 2.19. The zero-order valence-corrected chi connectivity index (χ0v) is 18.6. The third kappa shape index (κ3) is 4.90. The van der Waals surface area contributed by atoms with E-state index in [1.807, 2.05) is 35.0 Å². The van der Waals surface area contributed by atoms with Gasteiger partial charge >= 0.3 is 5.82 Å². The van der Waals surface area contributed by atoms with Crippen LogP contribution in [0.25, 0.3) is 22.3 Å². The average Bonchev–Trinajstić information content (AvgIpc) is 3.36. The molecular weight excluding hydrogens is 410 g/mol. The number of aryl methyl sites for hydroxylation is 3. The van der Waals surface area contributed by atoms with E-state index in [4.69, 9.17) is 4.74 Å². The minimum atomic E-state index is 0.454. The molecule has 0 aliphatic carbocycles. The Kier molecular flexibility index (Phi) is 6.06. The Labute approximate surface area is 192 Å². The molecule has 0 unspecified atom stereocenters. The molecule has 0 atom stereocenters. The number of aromatic nitrogens is 5. The lowest BCUT2D eigenvalue weighted by Gasteiger charge is -2.09. The van der Waals surface area contributed by atoms with Crippen LogP contribution < -0.4 is 9.42 Å². The molecule has 6 heteroatoms. The number of ether oxygens (including phenoxy) is 1. The van der Waals surface area contributed by atoms with Crippen LogP contribution in [0.2, 0.25) is 0 Å². The number of nitrogens with zero attached hydrogens (tertiary/aromatic N) is 4. The van der Waals surface area contributed by atoms with E-state index in [9.17, 15) is 0 Å². The van der Waals surface area contributed by atoms with Gasteiger partial charge < -0.3 is 4.74 Å². The first-order chi connectivity index (χ1) is 16.3. The monoisotopic (exact) mass is 436 g/mol.